The Morgan fingerprint density at radius 1 is 0.830 bits per heavy atom. The molecule has 8 amide bonds. The molecule has 2 aliphatic heterocycles. The average Bonchev–Trinajstić information content (AvgIpc) is 0.794. The Bertz CT molecular complexity index is 4110. The van der Waals surface area contributed by atoms with Crippen LogP contribution < -0.4 is 37.2 Å². The van der Waals surface area contributed by atoms with Crippen LogP contribution in [0.15, 0.2) is 79.0 Å². The van der Waals surface area contributed by atoms with Crippen LogP contribution in [0.3, 0.4) is 0 Å². The second-order valence-corrected chi connectivity index (χ2v) is 29.1. The second-order valence-electron chi connectivity index (χ2n) is 28.1. The van der Waals surface area contributed by atoms with E-state index < -0.39 is 83.7 Å². The van der Waals surface area contributed by atoms with Gasteiger partial charge in [-0.15, -0.1) is 10.2 Å². The largest absolute Gasteiger partial charge is 0.480 e. The third-order valence-corrected chi connectivity index (χ3v) is 20.4. The fourth-order valence-electron chi connectivity index (χ4n) is 16.1. The van der Waals surface area contributed by atoms with Gasteiger partial charge in [0.05, 0.1) is 48.4 Å². The summed E-state index contributed by atoms with van der Waals surface area (Å²) < 4.78 is 21.1. The summed E-state index contributed by atoms with van der Waals surface area (Å²) >= 11 is 1.53. The third kappa shape index (κ3) is 16.5. The molecule has 6 aliphatic rings. The van der Waals surface area contributed by atoms with Crippen LogP contribution in [-0.4, -0.2) is 174 Å². The molecule has 9 N–H and O–H groups in total. The molecule has 6 aromatic rings. The van der Waals surface area contributed by atoms with Crippen molar-refractivity contribution in [1.82, 2.24) is 55.7 Å². The summed E-state index contributed by atoms with van der Waals surface area (Å²) in [7, 11) is 0. The molecule has 0 saturated heterocycles. The molecule has 0 radical (unpaired) electrons. The molecule has 4 saturated carbocycles. The highest BCUT2D eigenvalue weighted by atomic mass is 32.1. The number of aromatic carboxylic acids is 1. The first-order chi connectivity index (χ1) is 47.7. The SMILES string of the molecule is Cc1c(Nc2nc3ccccc3s2)nnc2c1CCCN2c1ccc(-c2cnn(CC34CC5(C)CC(C)(C3)CC(OCCN(CC(=O)O)C(=O)OCc3ccc(NC(=O)[C@H](CCCNC(N)=O)NC(=O)[C@@H](NC(=O)CCOCCN6C(=O)C=CC6=O)C(C)C)cc3)(C5)C4)c2C)c(C(=O)O)n1. The predicted molar refractivity (Wildman–Crippen MR) is 368 cm³/mol. The summed E-state index contributed by atoms with van der Waals surface area (Å²) in [5, 5.41) is 49.7. The molecule has 530 valence electrons. The topological polar surface area (TPSA) is 387 Å². The number of nitrogens with zero attached hydrogens (tertiary/aromatic N) is 9. The number of carbonyl (C=O) groups is 9. The zero-order chi connectivity index (χ0) is 71.3. The maximum atomic E-state index is 13.8. The monoisotopic (exact) mass is 1390 g/mol. The van der Waals surface area contributed by atoms with Gasteiger partial charge >= 0.3 is 24.1 Å². The number of hydrogen-bond donors (Lipinski definition) is 8. The Morgan fingerprint density at radius 3 is 2.27 bits per heavy atom. The standard InChI is InChI=1S/C70H85N15O14S/c1-41(2)57(78-53(86)23-28-97-29-27-84-54(87)21-22-55(84)88)62(92)75-50(13-9-24-72-64(71)95)61(91)74-45-17-15-44(16-18-45)33-98-66(96)82(32-56(89)90)26-30-99-70-37-67(5)34-68(6,38-70)36-69(35-67,39-70)40-85-43(4)48(31-73-85)47-19-20-52(77-58(47)63(93)94)83-25-10-11-46-42(3)59(80-81-60(46)83)79-65-76-49-12-7-8-14-51(49)100-65/h7-8,12,14-22,31,41,50,57H,9-11,13,23-30,32-40H2,1-6H3,(H,74,91)(H,75,92)(H,78,86)(H,89,90)(H,93,94)(H3,71,72,95)(H,76,79,80)/t50-,57-,67?,68?,69?,70?/m0/s1. The summed E-state index contributed by atoms with van der Waals surface area (Å²) in [5.74, 6) is -3.80. The van der Waals surface area contributed by atoms with Gasteiger partial charge in [-0.1, -0.05) is 63.3 Å². The first-order valence-corrected chi connectivity index (χ1v) is 34.5. The number of thiazole rings is 1. The van der Waals surface area contributed by atoms with Crippen LogP contribution in [-0.2, 0) is 62.6 Å². The number of nitrogens with one attached hydrogen (secondary N) is 5. The van der Waals surface area contributed by atoms with E-state index >= 15 is 0 Å². The number of urea groups is 1. The van der Waals surface area contributed by atoms with E-state index in [1.54, 1.807) is 50.4 Å². The van der Waals surface area contributed by atoms with Gasteiger partial charge in [-0.3, -0.25) is 43.2 Å². The number of carboxylic acids is 2. The number of nitrogens with two attached hydrogens (primary N) is 1. The summed E-state index contributed by atoms with van der Waals surface area (Å²) in [6, 6.07) is 14.9. The highest BCUT2D eigenvalue weighted by molar-refractivity contribution is 7.22. The number of rotatable bonds is 31. The summed E-state index contributed by atoms with van der Waals surface area (Å²) in [6.07, 6.45) is 10.0. The van der Waals surface area contributed by atoms with Gasteiger partial charge in [0, 0.05) is 78.4 Å². The highest BCUT2D eigenvalue weighted by Crippen LogP contribution is 2.72. The van der Waals surface area contributed by atoms with Crippen molar-refractivity contribution in [1.29, 1.82) is 0 Å². The molecular weight excluding hydrogens is 1310 g/mol. The molecule has 6 heterocycles. The predicted octanol–water partition coefficient (Wildman–Crippen LogP) is 7.69. The van der Waals surface area contributed by atoms with Crippen molar-refractivity contribution in [3.05, 3.63) is 107 Å². The Labute approximate surface area is 581 Å². The molecule has 4 aromatic heterocycles. The number of imide groups is 1. The van der Waals surface area contributed by atoms with Crippen molar-refractivity contribution < 1.29 is 67.6 Å². The van der Waals surface area contributed by atoms with Crippen molar-refractivity contribution in [2.24, 2.45) is 27.9 Å². The lowest BCUT2D eigenvalue weighted by molar-refractivity contribution is -0.248. The lowest BCUT2D eigenvalue weighted by atomic mass is 9.39. The van der Waals surface area contributed by atoms with Gasteiger partial charge in [-0.2, -0.15) is 5.10 Å². The number of ether oxygens (including phenoxy) is 3. The number of fused-ring (bicyclic) bond motifs is 2. The van der Waals surface area contributed by atoms with Gasteiger partial charge in [-0.25, -0.2) is 24.4 Å². The van der Waals surface area contributed by atoms with Crippen LogP contribution in [0.4, 0.5) is 37.9 Å². The quantitative estimate of drug-likeness (QED) is 0.0153. The zero-order valence-electron chi connectivity index (χ0n) is 56.9. The van der Waals surface area contributed by atoms with Gasteiger partial charge in [0.25, 0.3) is 11.8 Å². The molecule has 12 rings (SSSR count). The van der Waals surface area contributed by atoms with E-state index in [1.165, 1.54) is 11.3 Å². The number of carbonyl (C=O) groups excluding carboxylic acids is 7. The molecule has 100 heavy (non-hydrogen) atoms. The van der Waals surface area contributed by atoms with E-state index in [9.17, 15) is 53.4 Å². The summed E-state index contributed by atoms with van der Waals surface area (Å²) in [6.45, 7) is 12.3. The number of primary amides is 1. The van der Waals surface area contributed by atoms with Crippen LogP contribution >= 0.6 is 11.3 Å². The summed E-state index contributed by atoms with van der Waals surface area (Å²) in [4.78, 5) is 128. The molecule has 4 fully saturated rings. The van der Waals surface area contributed by atoms with Gasteiger partial charge in [0.1, 0.15) is 31.1 Å². The minimum absolute atomic E-state index is 0.00775. The Morgan fingerprint density at radius 2 is 1.57 bits per heavy atom. The zero-order valence-corrected chi connectivity index (χ0v) is 57.7. The second kappa shape index (κ2) is 29.9. The maximum Gasteiger partial charge on any atom is 0.410 e. The molecule has 29 nitrogen and oxygen atoms in total. The van der Waals surface area contributed by atoms with E-state index in [2.05, 4.69) is 50.6 Å². The van der Waals surface area contributed by atoms with Crippen molar-refractivity contribution >= 4 is 103 Å². The van der Waals surface area contributed by atoms with Crippen molar-refractivity contribution in [3.8, 4) is 11.1 Å². The Kier molecular flexibility index (Phi) is 21.3. The first-order valence-electron chi connectivity index (χ1n) is 33.6. The number of aromatic nitrogens is 6. The number of amides is 8. The van der Waals surface area contributed by atoms with E-state index in [4.69, 9.17) is 35.0 Å². The minimum atomic E-state index is -1.24. The molecular formula is C70H85N15O14S. The van der Waals surface area contributed by atoms with Crippen molar-refractivity contribution in [3.63, 3.8) is 0 Å². The molecule has 2 aromatic carbocycles. The lowest BCUT2D eigenvalue weighted by Crippen LogP contribution is -2.64. The maximum absolute atomic E-state index is 13.8. The molecule has 4 atom stereocenters. The molecule has 4 aliphatic carbocycles. The number of carboxylic acid groups (broad SMARTS) is 2. The van der Waals surface area contributed by atoms with E-state index in [0.717, 1.165) is 93.9 Å². The lowest BCUT2D eigenvalue weighted by Gasteiger charge is -2.69. The average molecular weight is 1390 g/mol. The van der Waals surface area contributed by atoms with Gasteiger partial charge in [0.15, 0.2) is 22.5 Å². The van der Waals surface area contributed by atoms with E-state index in [-0.39, 0.29) is 87.3 Å². The molecule has 2 unspecified atom stereocenters. The first kappa shape index (κ1) is 71.3. The molecule has 0 spiro atoms. The normalized spacial score (nSPS) is 21.0. The third-order valence-electron chi connectivity index (χ3n) is 19.4. The van der Waals surface area contributed by atoms with Crippen LogP contribution in [0.1, 0.15) is 125 Å². The van der Waals surface area contributed by atoms with Gasteiger partial charge < -0.3 is 61.6 Å². The van der Waals surface area contributed by atoms with Crippen LogP contribution in [0.5, 0.6) is 0 Å². The number of para-hydroxylation sites is 1. The van der Waals surface area contributed by atoms with Crippen LogP contribution in [0.25, 0.3) is 21.3 Å². The minimum Gasteiger partial charge on any atom is -0.480 e. The van der Waals surface area contributed by atoms with Gasteiger partial charge in [0.2, 0.25) is 17.7 Å². The van der Waals surface area contributed by atoms with E-state index in [1.807, 2.05) is 53.8 Å². The summed E-state index contributed by atoms with van der Waals surface area (Å²) in [5.41, 5.74) is 9.68. The fraction of sp³-hybridized carbons (Fsp3) is 0.486. The number of hydrogen-bond acceptors (Lipinski definition) is 20. The van der Waals surface area contributed by atoms with Gasteiger partial charge in [-0.05, 0) is 142 Å². The highest BCUT2D eigenvalue weighted by Gasteiger charge is 2.66. The van der Waals surface area contributed by atoms with Crippen LogP contribution in [0.2, 0.25) is 0 Å². The fourth-order valence-corrected chi connectivity index (χ4v) is 17.0. The van der Waals surface area contributed by atoms with Crippen LogP contribution in [0, 0.1) is 36.0 Å². The number of benzene rings is 2. The van der Waals surface area contributed by atoms with Crippen molar-refractivity contribution in [2.45, 2.75) is 143 Å². The molecule has 30 heteroatoms. The van der Waals surface area contributed by atoms with E-state index in [0.29, 0.717) is 64.5 Å². The number of aliphatic carboxylic acids is 1. The molecule has 4 bridgehead atoms. The number of anilines is 5. The number of pyridine rings is 1. The Balaban J connectivity index is 0.690. The van der Waals surface area contributed by atoms with Crippen molar-refractivity contribution in [2.75, 3.05) is 68.1 Å². The smallest absolute Gasteiger partial charge is 0.410 e. The Hall–Kier alpha value is -9.94.